The van der Waals surface area contributed by atoms with E-state index in [0.29, 0.717) is 24.0 Å². The summed E-state index contributed by atoms with van der Waals surface area (Å²) >= 11 is 0. The minimum atomic E-state index is -4.56. The van der Waals surface area contributed by atoms with E-state index in [1.54, 1.807) is 6.92 Å². The van der Waals surface area contributed by atoms with Crippen LogP contribution in [0, 0.1) is 5.82 Å². The number of benzene rings is 1. The van der Waals surface area contributed by atoms with Crippen LogP contribution in [0.3, 0.4) is 0 Å². The number of alkyl halides is 3. The van der Waals surface area contributed by atoms with Gasteiger partial charge in [-0.1, -0.05) is 31.9 Å². The molecule has 0 fully saturated rings. The number of hydrogen-bond acceptors (Lipinski definition) is 4. The first-order valence-corrected chi connectivity index (χ1v) is 12.5. The van der Waals surface area contributed by atoms with Crippen molar-refractivity contribution in [3.05, 3.63) is 64.7 Å². The fourth-order valence-corrected chi connectivity index (χ4v) is 3.72. The highest BCUT2D eigenvalue weighted by atomic mass is 32.2. The number of hydrogen-bond donors (Lipinski definition) is 2. The standard InChI is InChI=1S/C23H27F4N3O3S/c1-4-5-6-7-19-16(9-12-21(29-19)23(25,26)27)10-13-22(31)28-15(2)17-8-11-20(18(24)14-17)30-34(3,32)33/h8-15,30H,4-7H2,1-3H3,(H,28,31)/t15-/m1/s1. The second-order valence-corrected chi connectivity index (χ2v) is 9.61. The summed E-state index contributed by atoms with van der Waals surface area (Å²) in [4.78, 5) is 16.1. The van der Waals surface area contributed by atoms with Crippen molar-refractivity contribution in [2.24, 2.45) is 0 Å². The van der Waals surface area contributed by atoms with Gasteiger partial charge in [-0.25, -0.2) is 17.8 Å². The molecule has 0 radical (unpaired) electrons. The van der Waals surface area contributed by atoms with Crippen molar-refractivity contribution in [3.63, 3.8) is 0 Å². The Morgan fingerprint density at radius 1 is 1.18 bits per heavy atom. The zero-order valence-corrected chi connectivity index (χ0v) is 19.9. The zero-order chi connectivity index (χ0) is 25.5. The number of amides is 1. The highest BCUT2D eigenvalue weighted by molar-refractivity contribution is 7.92. The first kappa shape index (κ1) is 27.3. The fraction of sp³-hybridized carbons (Fsp3) is 0.391. The van der Waals surface area contributed by atoms with E-state index in [1.807, 2.05) is 6.92 Å². The molecular weight excluding hydrogens is 474 g/mol. The van der Waals surface area contributed by atoms with Crippen LogP contribution in [0.4, 0.5) is 23.2 Å². The Balaban J connectivity index is 2.13. The maximum atomic E-state index is 14.2. The van der Waals surface area contributed by atoms with Crippen molar-refractivity contribution in [1.82, 2.24) is 10.3 Å². The average Bonchev–Trinajstić information content (AvgIpc) is 2.72. The van der Waals surface area contributed by atoms with Gasteiger partial charge < -0.3 is 5.32 Å². The number of sulfonamides is 1. The third-order valence-electron chi connectivity index (χ3n) is 4.88. The number of carbonyl (C=O) groups is 1. The van der Waals surface area contributed by atoms with Gasteiger partial charge in [0.05, 0.1) is 18.0 Å². The molecule has 34 heavy (non-hydrogen) atoms. The molecule has 2 rings (SSSR count). The van der Waals surface area contributed by atoms with Crippen LogP contribution >= 0.6 is 0 Å². The lowest BCUT2D eigenvalue weighted by atomic mass is 10.1. The summed E-state index contributed by atoms with van der Waals surface area (Å²) in [6.45, 7) is 3.59. The number of anilines is 1. The van der Waals surface area contributed by atoms with Crippen molar-refractivity contribution in [2.75, 3.05) is 11.0 Å². The summed E-state index contributed by atoms with van der Waals surface area (Å²) < 4.78 is 77.9. The van der Waals surface area contributed by atoms with E-state index >= 15 is 0 Å². The molecule has 0 aliphatic rings. The van der Waals surface area contributed by atoms with Crippen LogP contribution in [-0.4, -0.2) is 25.6 Å². The molecule has 2 N–H and O–H groups in total. The summed E-state index contributed by atoms with van der Waals surface area (Å²) in [7, 11) is -3.64. The molecule has 186 valence electrons. The first-order valence-electron chi connectivity index (χ1n) is 10.6. The second-order valence-electron chi connectivity index (χ2n) is 7.86. The highest BCUT2D eigenvalue weighted by Gasteiger charge is 2.32. The Labute approximate surface area is 196 Å². The van der Waals surface area contributed by atoms with Crippen molar-refractivity contribution in [2.45, 2.75) is 51.7 Å². The van der Waals surface area contributed by atoms with E-state index in [4.69, 9.17) is 0 Å². The molecule has 1 atom stereocenters. The number of aromatic nitrogens is 1. The summed E-state index contributed by atoms with van der Waals surface area (Å²) in [5, 5.41) is 2.64. The zero-order valence-electron chi connectivity index (χ0n) is 19.0. The van der Waals surface area contributed by atoms with E-state index in [2.05, 4.69) is 15.0 Å². The molecule has 2 aromatic rings. The predicted molar refractivity (Wildman–Crippen MR) is 123 cm³/mol. The molecule has 0 saturated heterocycles. The van der Waals surface area contributed by atoms with Crippen molar-refractivity contribution >= 4 is 27.7 Å². The molecule has 0 unspecified atom stereocenters. The molecule has 11 heteroatoms. The second kappa shape index (κ2) is 11.5. The Kier molecular flexibility index (Phi) is 9.20. The molecule has 1 heterocycles. The number of pyridine rings is 1. The summed E-state index contributed by atoms with van der Waals surface area (Å²) in [5.41, 5.74) is -0.125. The van der Waals surface area contributed by atoms with Gasteiger partial charge in [0.25, 0.3) is 0 Å². The Hall–Kier alpha value is -2.95. The Bertz CT molecular complexity index is 1150. The van der Waals surface area contributed by atoms with Gasteiger partial charge in [-0.15, -0.1) is 0 Å². The molecule has 1 aromatic heterocycles. The molecule has 0 aliphatic carbocycles. The van der Waals surface area contributed by atoms with E-state index in [0.717, 1.165) is 31.2 Å². The van der Waals surface area contributed by atoms with Crippen LogP contribution in [-0.2, 0) is 27.4 Å². The molecule has 6 nitrogen and oxygen atoms in total. The third kappa shape index (κ3) is 8.44. The summed E-state index contributed by atoms with van der Waals surface area (Å²) in [6, 6.07) is 5.37. The smallest absolute Gasteiger partial charge is 0.346 e. The maximum Gasteiger partial charge on any atom is 0.433 e. The monoisotopic (exact) mass is 501 g/mol. The van der Waals surface area contributed by atoms with Crippen LogP contribution in [0.5, 0.6) is 0 Å². The number of carbonyl (C=O) groups excluding carboxylic acids is 1. The number of rotatable bonds is 10. The van der Waals surface area contributed by atoms with Gasteiger partial charge in [-0.05, 0) is 55.2 Å². The number of nitrogens with zero attached hydrogens (tertiary/aromatic N) is 1. The lowest BCUT2D eigenvalue weighted by Gasteiger charge is -2.15. The number of halogens is 4. The van der Waals surface area contributed by atoms with Gasteiger partial charge in [-0.3, -0.25) is 9.52 Å². The largest absolute Gasteiger partial charge is 0.433 e. The van der Waals surface area contributed by atoms with Gasteiger partial charge in [0.1, 0.15) is 11.5 Å². The molecule has 1 amide bonds. The summed E-state index contributed by atoms with van der Waals surface area (Å²) in [6.07, 6.45) is 1.68. The average molecular weight is 502 g/mol. The lowest BCUT2D eigenvalue weighted by Crippen LogP contribution is -2.24. The van der Waals surface area contributed by atoms with Gasteiger partial charge >= 0.3 is 6.18 Å². The topological polar surface area (TPSA) is 88.2 Å². The van der Waals surface area contributed by atoms with Gasteiger partial charge in [0.15, 0.2) is 0 Å². The van der Waals surface area contributed by atoms with Crippen molar-refractivity contribution < 1.29 is 30.8 Å². The highest BCUT2D eigenvalue weighted by Crippen LogP contribution is 2.29. The van der Waals surface area contributed by atoms with E-state index < -0.39 is 39.7 Å². The molecular formula is C23H27F4N3O3S. The van der Waals surface area contributed by atoms with E-state index in [-0.39, 0.29) is 11.4 Å². The first-order chi connectivity index (χ1) is 15.8. The van der Waals surface area contributed by atoms with Gasteiger partial charge in [0.2, 0.25) is 15.9 Å². The molecule has 0 saturated carbocycles. The summed E-state index contributed by atoms with van der Waals surface area (Å²) in [5.74, 6) is -1.34. The number of unbranched alkanes of at least 4 members (excludes halogenated alkanes) is 2. The normalized spacial score (nSPS) is 13.1. The van der Waals surface area contributed by atoms with Gasteiger partial charge in [-0.2, -0.15) is 13.2 Å². The van der Waals surface area contributed by atoms with Crippen LogP contribution in [0.2, 0.25) is 0 Å². The van der Waals surface area contributed by atoms with Crippen LogP contribution in [0.15, 0.2) is 36.4 Å². The molecule has 0 aliphatic heterocycles. The Morgan fingerprint density at radius 3 is 2.47 bits per heavy atom. The van der Waals surface area contributed by atoms with E-state index in [1.165, 1.54) is 30.4 Å². The lowest BCUT2D eigenvalue weighted by molar-refractivity contribution is -0.141. The quantitative estimate of drug-likeness (QED) is 0.265. The van der Waals surface area contributed by atoms with Gasteiger partial charge in [0, 0.05) is 11.8 Å². The fourth-order valence-electron chi connectivity index (χ4n) is 3.16. The minimum absolute atomic E-state index is 0.213. The van der Waals surface area contributed by atoms with Crippen LogP contribution in [0.25, 0.3) is 6.08 Å². The molecule has 0 bridgehead atoms. The maximum absolute atomic E-state index is 14.2. The molecule has 0 spiro atoms. The number of nitrogens with one attached hydrogen (secondary N) is 2. The van der Waals surface area contributed by atoms with Crippen molar-refractivity contribution in [1.29, 1.82) is 0 Å². The third-order valence-corrected chi connectivity index (χ3v) is 5.47. The van der Waals surface area contributed by atoms with Crippen molar-refractivity contribution in [3.8, 4) is 0 Å². The Morgan fingerprint density at radius 2 is 1.88 bits per heavy atom. The minimum Gasteiger partial charge on any atom is -0.346 e. The van der Waals surface area contributed by atoms with Crippen LogP contribution in [0.1, 0.15) is 61.7 Å². The molecule has 1 aromatic carbocycles. The number of aryl methyl sites for hydroxylation is 1. The van der Waals surface area contributed by atoms with E-state index in [9.17, 15) is 30.8 Å². The SMILES string of the molecule is CCCCCc1nc(C(F)(F)F)ccc1C=CC(=O)N[C@H](C)c1ccc(NS(C)(=O)=O)c(F)c1. The van der Waals surface area contributed by atoms with Crippen LogP contribution < -0.4 is 10.0 Å². The predicted octanol–water partition coefficient (Wildman–Crippen LogP) is 5.23.